The fourth-order valence-electron chi connectivity index (χ4n) is 2.13. The number of hydrogen-bond acceptors (Lipinski definition) is 1. The summed E-state index contributed by atoms with van der Waals surface area (Å²) in [6.45, 7) is 2.41. The molecule has 0 atom stereocenters. The number of benzene rings is 1. The van der Waals surface area contributed by atoms with Gasteiger partial charge in [-0.25, -0.2) is 4.39 Å². The average molecular weight is 389 g/mol. The number of guanidine groups is 1. The van der Waals surface area contributed by atoms with Crippen LogP contribution in [0.3, 0.4) is 0 Å². The predicted octanol–water partition coefficient (Wildman–Crippen LogP) is 3.14. The average Bonchev–Trinajstić information content (AvgIpc) is 2.91. The van der Waals surface area contributed by atoms with E-state index in [1.54, 1.807) is 20.0 Å². The summed E-state index contributed by atoms with van der Waals surface area (Å²) < 4.78 is 13.2. The molecule has 0 saturated heterocycles. The van der Waals surface area contributed by atoms with Crippen molar-refractivity contribution in [1.29, 1.82) is 0 Å². The molecule has 0 radical (unpaired) electrons. The van der Waals surface area contributed by atoms with Gasteiger partial charge in [0.1, 0.15) is 5.82 Å². The Bertz CT molecular complexity index is 492. The summed E-state index contributed by atoms with van der Waals surface area (Å²) in [7, 11) is 1.76. The summed E-state index contributed by atoms with van der Waals surface area (Å²) in [5, 5.41) is 6.61. The summed E-state index contributed by atoms with van der Waals surface area (Å²) in [5.74, 6) is 0.624. The Morgan fingerprint density at radius 1 is 1.35 bits per heavy atom. The van der Waals surface area contributed by atoms with E-state index >= 15 is 0 Å². The van der Waals surface area contributed by atoms with Crippen molar-refractivity contribution >= 4 is 29.9 Å². The molecule has 0 unspecified atom stereocenters. The number of nitrogens with zero attached hydrogens (tertiary/aromatic N) is 1. The first-order chi connectivity index (χ1) is 9.19. The lowest BCUT2D eigenvalue weighted by Gasteiger charge is -2.17. The van der Waals surface area contributed by atoms with Crippen molar-refractivity contribution in [1.82, 2.24) is 10.6 Å². The van der Waals surface area contributed by atoms with E-state index in [4.69, 9.17) is 0 Å². The van der Waals surface area contributed by atoms with Gasteiger partial charge in [-0.2, -0.15) is 0 Å². The minimum atomic E-state index is -0.164. The van der Waals surface area contributed by atoms with Gasteiger partial charge >= 0.3 is 0 Å². The zero-order valence-corrected chi connectivity index (χ0v) is 14.1. The maximum absolute atomic E-state index is 13.2. The second-order valence-corrected chi connectivity index (χ2v) is 4.79. The first kappa shape index (κ1) is 16.9. The van der Waals surface area contributed by atoms with Gasteiger partial charge in [0.15, 0.2) is 5.96 Å². The van der Waals surface area contributed by atoms with E-state index in [-0.39, 0.29) is 29.8 Å². The molecule has 1 aromatic carbocycles. The molecule has 0 amide bonds. The lowest BCUT2D eigenvalue weighted by molar-refractivity contribution is 0.616. The van der Waals surface area contributed by atoms with Gasteiger partial charge in [-0.3, -0.25) is 4.99 Å². The molecule has 0 heterocycles. The smallest absolute Gasteiger partial charge is 0.191 e. The van der Waals surface area contributed by atoms with Crippen LogP contribution in [0.4, 0.5) is 4.39 Å². The van der Waals surface area contributed by atoms with Crippen LogP contribution in [0.5, 0.6) is 0 Å². The Morgan fingerprint density at radius 3 is 2.65 bits per heavy atom. The minimum Gasteiger partial charge on any atom is -0.353 e. The van der Waals surface area contributed by atoms with Crippen LogP contribution in [0.15, 0.2) is 35.3 Å². The Kier molecular flexibility index (Phi) is 6.98. The van der Waals surface area contributed by atoms with Crippen molar-refractivity contribution in [3.05, 3.63) is 47.3 Å². The van der Waals surface area contributed by atoms with Crippen molar-refractivity contribution in [3.8, 4) is 0 Å². The molecule has 1 aliphatic carbocycles. The quantitative estimate of drug-likeness (QED) is 0.361. The Hall–Kier alpha value is -1.11. The highest BCUT2D eigenvalue weighted by molar-refractivity contribution is 14.0. The number of aryl methyl sites for hydroxylation is 1. The van der Waals surface area contributed by atoms with E-state index in [0.717, 1.165) is 24.4 Å². The maximum Gasteiger partial charge on any atom is 0.191 e. The van der Waals surface area contributed by atoms with Gasteiger partial charge in [0.05, 0.1) is 0 Å². The van der Waals surface area contributed by atoms with Gasteiger partial charge in [-0.05, 0) is 37.0 Å². The monoisotopic (exact) mass is 389 g/mol. The molecule has 0 spiro atoms. The van der Waals surface area contributed by atoms with Crippen molar-refractivity contribution < 1.29 is 4.39 Å². The number of rotatable bonds is 3. The molecule has 3 nitrogen and oxygen atoms in total. The highest BCUT2D eigenvalue weighted by Gasteiger charge is 2.11. The standard InChI is InChI=1S/C15H20FN3.HI/c1-11-9-12(7-8-14(11)16)10-18-15(17-2)19-13-5-3-4-6-13;/h3-4,7-9,13H,5-6,10H2,1-2H3,(H2,17,18,19);1H. The Balaban J connectivity index is 0.00000200. The summed E-state index contributed by atoms with van der Waals surface area (Å²) in [6, 6.07) is 5.58. The third-order valence-electron chi connectivity index (χ3n) is 3.25. The van der Waals surface area contributed by atoms with Gasteiger partial charge < -0.3 is 10.6 Å². The minimum absolute atomic E-state index is 0. The molecule has 2 rings (SSSR count). The molecule has 0 aliphatic heterocycles. The highest BCUT2D eigenvalue weighted by Crippen LogP contribution is 2.10. The molecule has 1 aliphatic rings. The maximum atomic E-state index is 13.2. The molecule has 2 N–H and O–H groups in total. The van der Waals surface area contributed by atoms with E-state index in [1.165, 1.54) is 6.07 Å². The van der Waals surface area contributed by atoms with Crippen LogP contribution in [0.1, 0.15) is 24.0 Å². The molecule has 0 fully saturated rings. The van der Waals surface area contributed by atoms with Gasteiger partial charge in [0.2, 0.25) is 0 Å². The van der Waals surface area contributed by atoms with E-state index < -0.39 is 0 Å². The second kappa shape index (κ2) is 8.24. The third kappa shape index (κ3) is 4.77. The molecule has 0 aromatic heterocycles. The van der Waals surface area contributed by atoms with Crippen molar-refractivity contribution in [2.75, 3.05) is 7.05 Å². The van der Waals surface area contributed by atoms with E-state index in [2.05, 4.69) is 27.8 Å². The van der Waals surface area contributed by atoms with E-state index in [9.17, 15) is 4.39 Å². The molecule has 0 saturated carbocycles. The van der Waals surface area contributed by atoms with Crippen LogP contribution < -0.4 is 10.6 Å². The largest absolute Gasteiger partial charge is 0.353 e. The zero-order chi connectivity index (χ0) is 13.7. The summed E-state index contributed by atoms with van der Waals surface area (Å²) in [4.78, 5) is 4.20. The Labute approximate surface area is 136 Å². The van der Waals surface area contributed by atoms with Crippen LogP contribution in [0.2, 0.25) is 0 Å². The fraction of sp³-hybridized carbons (Fsp3) is 0.400. The molecule has 110 valence electrons. The molecule has 0 bridgehead atoms. The molecular weight excluding hydrogens is 368 g/mol. The van der Waals surface area contributed by atoms with E-state index in [0.29, 0.717) is 18.2 Å². The number of aliphatic imine (C=N–C) groups is 1. The Morgan fingerprint density at radius 2 is 2.05 bits per heavy atom. The highest BCUT2D eigenvalue weighted by atomic mass is 127. The predicted molar refractivity (Wildman–Crippen MR) is 92.0 cm³/mol. The van der Waals surface area contributed by atoms with Gasteiger partial charge in [0.25, 0.3) is 0 Å². The number of hydrogen-bond donors (Lipinski definition) is 2. The molecular formula is C15H21FIN3. The van der Waals surface area contributed by atoms with Gasteiger partial charge in [-0.15, -0.1) is 24.0 Å². The van der Waals surface area contributed by atoms with E-state index in [1.807, 2.05) is 6.07 Å². The number of halogens is 2. The van der Waals surface area contributed by atoms with Crippen LogP contribution in [0, 0.1) is 12.7 Å². The first-order valence-corrected chi connectivity index (χ1v) is 6.56. The third-order valence-corrected chi connectivity index (χ3v) is 3.25. The molecule has 5 heteroatoms. The van der Waals surface area contributed by atoms with Crippen LogP contribution >= 0.6 is 24.0 Å². The number of nitrogens with one attached hydrogen (secondary N) is 2. The first-order valence-electron chi connectivity index (χ1n) is 6.56. The van der Waals surface area contributed by atoms with Crippen LogP contribution in [0.25, 0.3) is 0 Å². The summed E-state index contributed by atoms with van der Waals surface area (Å²) in [5.41, 5.74) is 1.72. The second-order valence-electron chi connectivity index (χ2n) is 4.79. The zero-order valence-electron chi connectivity index (χ0n) is 11.8. The van der Waals surface area contributed by atoms with Crippen molar-refractivity contribution in [3.63, 3.8) is 0 Å². The molecule has 1 aromatic rings. The van der Waals surface area contributed by atoms with Crippen molar-refractivity contribution in [2.45, 2.75) is 32.4 Å². The van der Waals surface area contributed by atoms with Gasteiger partial charge in [-0.1, -0.05) is 24.3 Å². The van der Waals surface area contributed by atoms with Gasteiger partial charge in [0, 0.05) is 19.6 Å². The lowest BCUT2D eigenvalue weighted by atomic mass is 10.1. The lowest BCUT2D eigenvalue weighted by Crippen LogP contribution is -2.42. The van der Waals surface area contributed by atoms with Crippen molar-refractivity contribution in [2.24, 2.45) is 4.99 Å². The normalized spacial score (nSPS) is 15.1. The van der Waals surface area contributed by atoms with Crippen LogP contribution in [-0.4, -0.2) is 19.0 Å². The van der Waals surface area contributed by atoms with Crippen LogP contribution in [-0.2, 0) is 6.54 Å². The molecule has 20 heavy (non-hydrogen) atoms. The summed E-state index contributed by atoms with van der Waals surface area (Å²) in [6.07, 6.45) is 6.43. The topological polar surface area (TPSA) is 36.4 Å². The summed E-state index contributed by atoms with van der Waals surface area (Å²) >= 11 is 0. The SMILES string of the molecule is CN=C(NCc1ccc(F)c(C)c1)NC1CC=CC1.I. The fourth-order valence-corrected chi connectivity index (χ4v) is 2.13.